The van der Waals surface area contributed by atoms with Crippen molar-refractivity contribution in [2.45, 2.75) is 25.4 Å². The second-order valence-corrected chi connectivity index (χ2v) is 8.96. The lowest BCUT2D eigenvalue weighted by Gasteiger charge is -2.33. The lowest BCUT2D eigenvalue weighted by molar-refractivity contribution is -0.137. The molecule has 31 heavy (non-hydrogen) atoms. The van der Waals surface area contributed by atoms with Gasteiger partial charge in [-0.3, -0.25) is 9.59 Å². The number of rotatable bonds is 4. The Morgan fingerprint density at radius 3 is 2.58 bits per heavy atom. The van der Waals surface area contributed by atoms with Crippen LogP contribution in [0.1, 0.15) is 19.3 Å². The van der Waals surface area contributed by atoms with E-state index in [1.165, 1.54) is 23.5 Å². The highest BCUT2D eigenvalue weighted by Crippen LogP contribution is 2.31. The summed E-state index contributed by atoms with van der Waals surface area (Å²) in [4.78, 5) is 33.4. The molecule has 0 radical (unpaired) electrons. The number of amides is 2. The summed E-state index contributed by atoms with van der Waals surface area (Å²) in [5, 5.41) is 0.669. The van der Waals surface area contributed by atoms with E-state index in [1.807, 2.05) is 29.2 Å². The molecule has 2 aromatic carbocycles. The lowest BCUT2D eigenvalue weighted by atomic mass is 10.0. The van der Waals surface area contributed by atoms with Crippen molar-refractivity contribution >= 4 is 39.1 Å². The number of para-hydroxylation sites is 1. The molecule has 0 aliphatic carbocycles. The number of carbonyl (C=O) groups excluding carboxylic acids is 2. The molecule has 5 rings (SSSR count). The van der Waals surface area contributed by atoms with E-state index >= 15 is 0 Å². The maximum absolute atomic E-state index is 13.2. The molecule has 0 spiro atoms. The zero-order valence-electron chi connectivity index (χ0n) is 16.9. The van der Waals surface area contributed by atoms with Crippen molar-refractivity contribution in [2.24, 2.45) is 5.92 Å². The van der Waals surface area contributed by atoms with Gasteiger partial charge in [-0.2, -0.15) is 0 Å². The molecule has 160 valence electrons. The van der Waals surface area contributed by atoms with Crippen molar-refractivity contribution in [1.29, 1.82) is 0 Å². The Morgan fingerprint density at radius 1 is 1.10 bits per heavy atom. The summed E-state index contributed by atoms with van der Waals surface area (Å²) in [7, 11) is 0. The standard InChI is InChI=1S/C23H22FN3O3S/c24-16-5-7-17(8-6-16)27-14-15(13-21(27)28)22(29)26-11-9-18(10-12-26)30-23-25-19-3-1-2-4-20(19)31-23/h1-8,15,18H,9-14H2. The molecule has 3 aromatic rings. The first-order chi connectivity index (χ1) is 15.1. The Hall–Kier alpha value is -3.00. The Bertz CT molecular complexity index is 1080. The van der Waals surface area contributed by atoms with Crippen LogP contribution in [0.3, 0.4) is 0 Å². The number of hydrogen-bond acceptors (Lipinski definition) is 5. The van der Waals surface area contributed by atoms with Gasteiger partial charge in [0.05, 0.1) is 16.1 Å². The molecule has 1 unspecified atom stereocenters. The summed E-state index contributed by atoms with van der Waals surface area (Å²) in [5.74, 6) is -0.798. The lowest BCUT2D eigenvalue weighted by Crippen LogP contribution is -2.44. The van der Waals surface area contributed by atoms with Gasteiger partial charge in [-0.15, -0.1) is 0 Å². The molecule has 3 heterocycles. The number of fused-ring (bicyclic) bond motifs is 1. The van der Waals surface area contributed by atoms with Gasteiger partial charge in [-0.1, -0.05) is 23.5 Å². The molecule has 8 heteroatoms. The van der Waals surface area contributed by atoms with Gasteiger partial charge in [0, 0.05) is 44.6 Å². The Labute approximate surface area is 183 Å². The van der Waals surface area contributed by atoms with E-state index in [-0.39, 0.29) is 36.1 Å². The average molecular weight is 440 g/mol. The smallest absolute Gasteiger partial charge is 0.274 e. The third-order valence-corrected chi connectivity index (χ3v) is 6.84. The third kappa shape index (κ3) is 4.12. The molecule has 2 fully saturated rings. The van der Waals surface area contributed by atoms with E-state index in [0.29, 0.717) is 30.5 Å². The summed E-state index contributed by atoms with van der Waals surface area (Å²) >= 11 is 1.54. The molecule has 2 aliphatic heterocycles. The SMILES string of the molecule is O=C(C1CC(=O)N(c2ccc(F)cc2)C1)N1CCC(Oc2nc3ccccc3s2)CC1. The van der Waals surface area contributed by atoms with Crippen LogP contribution < -0.4 is 9.64 Å². The molecule has 6 nitrogen and oxygen atoms in total. The molecule has 0 N–H and O–H groups in total. The fourth-order valence-electron chi connectivity index (χ4n) is 4.24. The fraction of sp³-hybridized carbons (Fsp3) is 0.348. The van der Waals surface area contributed by atoms with Crippen molar-refractivity contribution in [2.75, 3.05) is 24.5 Å². The zero-order chi connectivity index (χ0) is 21.4. The maximum Gasteiger partial charge on any atom is 0.274 e. The summed E-state index contributed by atoms with van der Waals surface area (Å²) in [6.07, 6.45) is 1.71. The summed E-state index contributed by atoms with van der Waals surface area (Å²) < 4.78 is 20.3. The van der Waals surface area contributed by atoms with Gasteiger partial charge in [0.25, 0.3) is 5.19 Å². The topological polar surface area (TPSA) is 62.7 Å². The van der Waals surface area contributed by atoms with Crippen molar-refractivity contribution in [3.05, 3.63) is 54.3 Å². The summed E-state index contributed by atoms with van der Waals surface area (Å²) in [5.41, 5.74) is 1.57. The largest absolute Gasteiger partial charge is 0.467 e. The molecule has 0 saturated carbocycles. The first-order valence-electron chi connectivity index (χ1n) is 10.4. The van der Waals surface area contributed by atoms with Crippen LogP contribution in [0.2, 0.25) is 0 Å². The van der Waals surface area contributed by atoms with Crippen LogP contribution in [-0.2, 0) is 9.59 Å². The van der Waals surface area contributed by atoms with E-state index in [4.69, 9.17) is 4.74 Å². The summed E-state index contributed by atoms with van der Waals surface area (Å²) in [6.45, 7) is 1.55. The number of benzene rings is 2. The minimum atomic E-state index is -0.362. The van der Waals surface area contributed by atoms with Crippen LogP contribution in [0.5, 0.6) is 5.19 Å². The highest BCUT2D eigenvalue weighted by Gasteiger charge is 2.38. The highest BCUT2D eigenvalue weighted by atomic mass is 32.1. The first-order valence-corrected chi connectivity index (χ1v) is 11.3. The second-order valence-electron chi connectivity index (χ2n) is 7.97. The number of hydrogen-bond donors (Lipinski definition) is 0. The minimum absolute atomic E-state index is 0.0106. The van der Waals surface area contributed by atoms with Crippen LogP contribution in [0.15, 0.2) is 48.5 Å². The highest BCUT2D eigenvalue weighted by molar-refractivity contribution is 7.20. The summed E-state index contributed by atoms with van der Waals surface area (Å²) in [6, 6.07) is 13.7. The van der Waals surface area contributed by atoms with Crippen LogP contribution >= 0.6 is 11.3 Å². The predicted molar refractivity (Wildman–Crippen MR) is 117 cm³/mol. The maximum atomic E-state index is 13.2. The minimum Gasteiger partial charge on any atom is -0.467 e. The van der Waals surface area contributed by atoms with Gasteiger partial charge >= 0.3 is 0 Å². The van der Waals surface area contributed by atoms with Crippen LogP contribution in [0, 0.1) is 11.7 Å². The monoisotopic (exact) mass is 439 g/mol. The molecule has 2 amide bonds. The van der Waals surface area contributed by atoms with E-state index < -0.39 is 0 Å². The number of thiazole rings is 1. The van der Waals surface area contributed by atoms with Crippen LogP contribution in [-0.4, -0.2) is 47.4 Å². The molecule has 2 saturated heterocycles. The van der Waals surface area contributed by atoms with E-state index in [0.717, 1.165) is 23.1 Å². The normalized spacial score (nSPS) is 19.9. The van der Waals surface area contributed by atoms with E-state index in [1.54, 1.807) is 17.0 Å². The van der Waals surface area contributed by atoms with Crippen LogP contribution in [0.4, 0.5) is 10.1 Å². The Balaban J connectivity index is 1.16. The quantitative estimate of drug-likeness (QED) is 0.619. The van der Waals surface area contributed by atoms with Crippen LogP contribution in [0.25, 0.3) is 10.2 Å². The van der Waals surface area contributed by atoms with Crippen molar-refractivity contribution < 1.29 is 18.7 Å². The van der Waals surface area contributed by atoms with Crippen molar-refractivity contribution in [1.82, 2.24) is 9.88 Å². The van der Waals surface area contributed by atoms with Gasteiger partial charge in [0.2, 0.25) is 11.8 Å². The molecule has 1 atom stereocenters. The number of likely N-dealkylation sites (tertiary alicyclic amines) is 1. The number of nitrogens with zero attached hydrogens (tertiary/aromatic N) is 3. The first kappa shape index (κ1) is 19.9. The number of anilines is 1. The average Bonchev–Trinajstić information content (AvgIpc) is 3.37. The molecule has 0 bridgehead atoms. The molecule has 2 aliphatic rings. The molecular formula is C23H22FN3O3S. The number of aromatic nitrogens is 1. The van der Waals surface area contributed by atoms with Crippen molar-refractivity contribution in [3.8, 4) is 5.19 Å². The number of halogens is 1. The fourth-order valence-corrected chi connectivity index (χ4v) is 5.12. The van der Waals surface area contributed by atoms with Gasteiger partial charge in [0.1, 0.15) is 11.9 Å². The van der Waals surface area contributed by atoms with E-state index in [9.17, 15) is 14.0 Å². The van der Waals surface area contributed by atoms with Gasteiger partial charge in [0.15, 0.2) is 0 Å². The predicted octanol–water partition coefficient (Wildman–Crippen LogP) is 3.86. The number of carbonyl (C=O) groups is 2. The van der Waals surface area contributed by atoms with Gasteiger partial charge in [-0.05, 0) is 36.4 Å². The van der Waals surface area contributed by atoms with Crippen molar-refractivity contribution in [3.63, 3.8) is 0 Å². The molecular weight excluding hydrogens is 417 g/mol. The van der Waals surface area contributed by atoms with E-state index in [2.05, 4.69) is 4.98 Å². The second kappa shape index (κ2) is 8.26. The third-order valence-electron chi connectivity index (χ3n) is 5.91. The van der Waals surface area contributed by atoms with Gasteiger partial charge < -0.3 is 14.5 Å². The number of ether oxygens (including phenoxy) is 1. The number of piperidine rings is 1. The Kier molecular flexibility index (Phi) is 5.31. The zero-order valence-corrected chi connectivity index (χ0v) is 17.7. The Morgan fingerprint density at radius 2 is 1.84 bits per heavy atom. The van der Waals surface area contributed by atoms with Gasteiger partial charge in [-0.25, -0.2) is 9.37 Å². The molecule has 1 aromatic heterocycles.